The lowest BCUT2D eigenvalue weighted by atomic mass is 9.95. The van der Waals surface area contributed by atoms with Gasteiger partial charge < -0.3 is 10.1 Å². The number of hydrogen-bond donors (Lipinski definition) is 1. The van der Waals surface area contributed by atoms with E-state index in [1.165, 1.54) is 42.4 Å². The van der Waals surface area contributed by atoms with Gasteiger partial charge in [0.1, 0.15) is 0 Å². The van der Waals surface area contributed by atoms with Crippen molar-refractivity contribution in [2.24, 2.45) is 0 Å². The lowest BCUT2D eigenvalue weighted by Crippen LogP contribution is -2.23. The minimum Gasteiger partial charge on any atom is -0.372 e. The molecule has 0 radical (unpaired) electrons. The zero-order valence-corrected chi connectivity index (χ0v) is 11.7. The third kappa shape index (κ3) is 2.75. The monoisotopic (exact) mass is 257 g/mol. The summed E-state index contributed by atoms with van der Waals surface area (Å²) in [6.45, 7) is 4.87. The Hall–Kier alpha value is -1.12. The van der Waals surface area contributed by atoms with Crippen molar-refractivity contribution in [2.45, 2.75) is 51.9 Å². The highest BCUT2D eigenvalue weighted by molar-refractivity contribution is 5.38. The molecule has 0 aromatic heterocycles. The van der Waals surface area contributed by atoms with Crippen molar-refractivity contribution in [2.75, 3.05) is 6.54 Å². The van der Waals surface area contributed by atoms with Gasteiger partial charge in [0.25, 0.3) is 0 Å². The minimum absolute atomic E-state index is 0.411. The van der Waals surface area contributed by atoms with Crippen LogP contribution in [0.1, 0.15) is 55.3 Å². The highest BCUT2D eigenvalue weighted by atomic mass is 16.5. The van der Waals surface area contributed by atoms with Gasteiger partial charge in [-0.1, -0.05) is 36.8 Å². The third-order valence-corrected chi connectivity index (χ3v) is 4.12. The quantitative estimate of drug-likeness (QED) is 0.809. The summed E-state index contributed by atoms with van der Waals surface area (Å²) in [7, 11) is 0. The summed E-state index contributed by atoms with van der Waals surface area (Å²) in [5.41, 5.74) is 5.72. The summed E-state index contributed by atoms with van der Waals surface area (Å²) in [5.74, 6) is 0. The van der Waals surface area contributed by atoms with Crippen molar-refractivity contribution in [1.82, 2.24) is 5.32 Å². The van der Waals surface area contributed by atoms with E-state index < -0.39 is 0 Å². The van der Waals surface area contributed by atoms with Crippen molar-refractivity contribution in [3.63, 3.8) is 0 Å². The molecule has 3 rings (SSSR count). The van der Waals surface area contributed by atoms with Crippen LogP contribution in [0.25, 0.3) is 0 Å². The van der Waals surface area contributed by atoms with E-state index in [2.05, 4.69) is 36.5 Å². The third-order valence-electron chi connectivity index (χ3n) is 4.12. The second-order valence-electron chi connectivity index (χ2n) is 5.58. The maximum Gasteiger partial charge on any atom is 0.0725 e. The molecule has 1 aliphatic carbocycles. The Labute approximate surface area is 115 Å². The smallest absolute Gasteiger partial charge is 0.0725 e. The van der Waals surface area contributed by atoms with E-state index in [0.29, 0.717) is 6.04 Å². The fraction of sp³-hybridized carbons (Fsp3) is 0.529. The van der Waals surface area contributed by atoms with Crippen LogP contribution in [0, 0.1) is 0 Å². The van der Waals surface area contributed by atoms with Gasteiger partial charge in [-0.2, -0.15) is 0 Å². The molecule has 19 heavy (non-hydrogen) atoms. The van der Waals surface area contributed by atoms with Crippen molar-refractivity contribution in [1.29, 1.82) is 0 Å². The largest absolute Gasteiger partial charge is 0.372 e. The number of benzene rings is 1. The molecule has 1 heterocycles. The number of fused-ring (bicyclic) bond motifs is 1. The van der Waals surface area contributed by atoms with Gasteiger partial charge in [-0.25, -0.2) is 0 Å². The van der Waals surface area contributed by atoms with E-state index >= 15 is 0 Å². The zero-order chi connectivity index (χ0) is 13.1. The van der Waals surface area contributed by atoms with E-state index in [0.717, 1.165) is 19.8 Å². The highest BCUT2D eigenvalue weighted by Crippen LogP contribution is 2.32. The van der Waals surface area contributed by atoms with Crippen LogP contribution in [0.4, 0.5) is 0 Å². The van der Waals surface area contributed by atoms with Gasteiger partial charge in [0.15, 0.2) is 0 Å². The van der Waals surface area contributed by atoms with Crippen LogP contribution in [0.3, 0.4) is 0 Å². The van der Waals surface area contributed by atoms with Crippen molar-refractivity contribution < 1.29 is 4.74 Å². The predicted molar refractivity (Wildman–Crippen MR) is 77.9 cm³/mol. The van der Waals surface area contributed by atoms with Gasteiger partial charge >= 0.3 is 0 Å². The molecule has 0 bridgehead atoms. The Morgan fingerprint density at radius 1 is 1.26 bits per heavy atom. The predicted octanol–water partition coefficient (Wildman–Crippen LogP) is 3.87. The highest BCUT2D eigenvalue weighted by Gasteiger charge is 2.20. The standard InChI is InChI=1S/C17H23NO/c1-2-9-18-17(13-5-3-4-6-13)14-7-8-15-11-19-12-16(15)10-14/h5,7-8,10,17-18H,2-4,6,9,11-12H2,1H3. The second-order valence-corrected chi connectivity index (χ2v) is 5.58. The first-order chi connectivity index (χ1) is 9.38. The van der Waals surface area contributed by atoms with Gasteiger partial charge in [0, 0.05) is 0 Å². The lowest BCUT2D eigenvalue weighted by molar-refractivity contribution is 0.134. The van der Waals surface area contributed by atoms with Crippen LogP contribution in [-0.4, -0.2) is 6.54 Å². The van der Waals surface area contributed by atoms with E-state index in [1.54, 1.807) is 5.57 Å². The summed E-state index contributed by atoms with van der Waals surface area (Å²) in [4.78, 5) is 0. The molecule has 1 unspecified atom stereocenters. The first-order valence-corrected chi connectivity index (χ1v) is 7.50. The number of rotatable bonds is 5. The minimum atomic E-state index is 0.411. The molecule has 0 saturated carbocycles. The molecule has 102 valence electrons. The molecule has 1 aromatic rings. The summed E-state index contributed by atoms with van der Waals surface area (Å²) in [5, 5.41) is 3.71. The van der Waals surface area contributed by atoms with Crippen LogP contribution in [0.2, 0.25) is 0 Å². The number of ether oxygens (including phenoxy) is 1. The molecule has 0 fully saturated rings. The van der Waals surface area contributed by atoms with Crippen LogP contribution in [0.15, 0.2) is 29.8 Å². The molecule has 1 atom stereocenters. The number of hydrogen-bond acceptors (Lipinski definition) is 2. The second kappa shape index (κ2) is 5.89. The topological polar surface area (TPSA) is 21.3 Å². The fourth-order valence-electron chi connectivity index (χ4n) is 3.08. The van der Waals surface area contributed by atoms with Gasteiger partial charge in [-0.3, -0.25) is 0 Å². The van der Waals surface area contributed by atoms with E-state index in [1.807, 2.05) is 0 Å². The van der Waals surface area contributed by atoms with E-state index in [-0.39, 0.29) is 0 Å². The molecule has 0 spiro atoms. The lowest BCUT2D eigenvalue weighted by Gasteiger charge is -2.21. The molecular formula is C17H23NO. The molecule has 2 aliphatic rings. The normalized spacial score (nSPS) is 19.3. The summed E-state index contributed by atoms with van der Waals surface area (Å²) in [6.07, 6.45) is 7.41. The molecule has 0 amide bonds. The number of allylic oxidation sites excluding steroid dienone is 1. The number of nitrogens with one attached hydrogen (secondary N) is 1. The molecule has 0 saturated heterocycles. The van der Waals surface area contributed by atoms with Crippen molar-refractivity contribution >= 4 is 0 Å². The average Bonchev–Trinajstić information content (AvgIpc) is 3.09. The molecule has 1 N–H and O–H groups in total. The maximum absolute atomic E-state index is 5.52. The average molecular weight is 257 g/mol. The van der Waals surface area contributed by atoms with Gasteiger partial charge in [0.2, 0.25) is 0 Å². The van der Waals surface area contributed by atoms with Crippen molar-refractivity contribution in [3.8, 4) is 0 Å². The summed E-state index contributed by atoms with van der Waals surface area (Å²) in [6, 6.07) is 7.27. The fourth-order valence-corrected chi connectivity index (χ4v) is 3.08. The molecular weight excluding hydrogens is 234 g/mol. The maximum atomic E-state index is 5.52. The summed E-state index contributed by atoms with van der Waals surface area (Å²) >= 11 is 0. The van der Waals surface area contributed by atoms with Gasteiger partial charge in [-0.05, 0) is 48.9 Å². The molecule has 1 aromatic carbocycles. The Bertz CT molecular complexity index is 478. The van der Waals surface area contributed by atoms with Crippen LogP contribution in [-0.2, 0) is 18.0 Å². The Morgan fingerprint density at radius 2 is 2.16 bits per heavy atom. The van der Waals surface area contributed by atoms with E-state index in [4.69, 9.17) is 4.74 Å². The van der Waals surface area contributed by atoms with Crippen LogP contribution >= 0.6 is 0 Å². The van der Waals surface area contributed by atoms with E-state index in [9.17, 15) is 0 Å². The van der Waals surface area contributed by atoms with Gasteiger partial charge in [-0.15, -0.1) is 0 Å². The Morgan fingerprint density at radius 3 is 2.95 bits per heavy atom. The molecule has 2 nitrogen and oxygen atoms in total. The molecule has 2 heteroatoms. The van der Waals surface area contributed by atoms with Gasteiger partial charge in [0.05, 0.1) is 19.3 Å². The zero-order valence-electron chi connectivity index (χ0n) is 11.7. The first-order valence-electron chi connectivity index (χ1n) is 7.50. The summed E-state index contributed by atoms with van der Waals surface area (Å²) < 4.78 is 5.52. The molecule has 1 aliphatic heterocycles. The van der Waals surface area contributed by atoms with Crippen LogP contribution < -0.4 is 5.32 Å². The SMILES string of the molecule is CCCNC(C1=CCCC1)c1ccc2c(c1)COC2. The van der Waals surface area contributed by atoms with Crippen LogP contribution in [0.5, 0.6) is 0 Å². The Balaban J connectivity index is 1.85. The van der Waals surface area contributed by atoms with Crippen molar-refractivity contribution in [3.05, 3.63) is 46.5 Å². The Kier molecular flexibility index (Phi) is 4.00. The first kappa shape index (κ1) is 12.9.